The number of Topliss-reactive ketones (excluding diaryl/α,β-unsaturated/α-hetero) is 1. The van der Waals surface area contributed by atoms with Crippen LogP contribution < -0.4 is 0 Å². The highest BCUT2D eigenvalue weighted by Crippen LogP contribution is 2.26. The number of hydrogen-bond donors (Lipinski definition) is 1. The van der Waals surface area contributed by atoms with Crippen molar-refractivity contribution in [3.8, 4) is 11.3 Å². The molecule has 0 unspecified atom stereocenters. The Morgan fingerprint density at radius 1 is 1.22 bits per heavy atom. The zero-order chi connectivity index (χ0) is 19.6. The van der Waals surface area contributed by atoms with E-state index in [0.717, 1.165) is 16.4 Å². The van der Waals surface area contributed by atoms with Gasteiger partial charge in [-0.2, -0.15) is 0 Å². The van der Waals surface area contributed by atoms with Crippen LogP contribution in [0, 0.1) is 13.8 Å². The largest absolute Gasteiger partial charge is 0.465 e. The molecule has 0 radical (unpaired) electrons. The van der Waals surface area contributed by atoms with Crippen LogP contribution in [0.2, 0.25) is 0 Å². The number of hydrogen-bond acceptors (Lipinski definition) is 5. The lowest BCUT2D eigenvalue weighted by Gasteiger charge is -2.06. The Morgan fingerprint density at radius 3 is 2.59 bits per heavy atom. The molecule has 3 aromatic rings. The Hall–Kier alpha value is -2.80. The van der Waals surface area contributed by atoms with Gasteiger partial charge in [0.05, 0.1) is 36.0 Å². The maximum Gasteiger partial charge on any atom is 0.339 e. The summed E-state index contributed by atoms with van der Waals surface area (Å²) in [6.07, 6.45) is 1.81. The van der Waals surface area contributed by atoms with Gasteiger partial charge < -0.3 is 14.3 Å². The molecule has 0 aliphatic rings. The number of aromatic amines is 1. The molecular weight excluding hydrogens is 362 g/mol. The molecule has 7 heteroatoms. The normalized spacial score (nSPS) is 10.8. The molecule has 0 spiro atoms. The number of carbonyl (C=O) groups excluding carboxylic acids is 2. The lowest BCUT2D eigenvalue weighted by atomic mass is 10.1. The van der Waals surface area contributed by atoms with Gasteiger partial charge in [0.15, 0.2) is 10.9 Å². The SMILES string of the molecule is COC(=O)c1c(C)[nH]c(C(=O)CSc2ncc(-c3ccccc3)n2C)c1C. The molecule has 6 nitrogen and oxygen atoms in total. The highest BCUT2D eigenvalue weighted by Gasteiger charge is 2.22. The number of nitrogens with zero attached hydrogens (tertiary/aromatic N) is 2. The molecule has 0 bridgehead atoms. The summed E-state index contributed by atoms with van der Waals surface area (Å²) in [5.74, 6) is -0.301. The quantitative estimate of drug-likeness (QED) is 0.398. The number of ketones is 1. The number of rotatable bonds is 6. The van der Waals surface area contributed by atoms with E-state index in [0.29, 0.717) is 22.5 Å². The zero-order valence-corrected chi connectivity index (χ0v) is 16.5. The minimum atomic E-state index is -0.440. The van der Waals surface area contributed by atoms with Crippen molar-refractivity contribution < 1.29 is 14.3 Å². The van der Waals surface area contributed by atoms with Gasteiger partial charge in [-0.1, -0.05) is 42.1 Å². The summed E-state index contributed by atoms with van der Waals surface area (Å²) in [7, 11) is 3.26. The fourth-order valence-corrected chi connectivity index (χ4v) is 3.87. The standard InChI is InChI=1S/C20H21N3O3S/c1-12-17(19(25)26-4)13(2)22-18(12)16(24)11-27-20-21-10-15(23(20)3)14-8-6-5-7-9-14/h5-10,22H,11H2,1-4H3. The third kappa shape index (κ3) is 3.68. The van der Waals surface area contributed by atoms with E-state index in [-0.39, 0.29) is 11.5 Å². The van der Waals surface area contributed by atoms with Crippen LogP contribution in [0.5, 0.6) is 0 Å². The number of thioether (sulfide) groups is 1. The van der Waals surface area contributed by atoms with Crippen LogP contribution in [0.15, 0.2) is 41.7 Å². The Labute approximate surface area is 162 Å². The number of esters is 1. The fourth-order valence-electron chi connectivity index (χ4n) is 3.04. The van der Waals surface area contributed by atoms with Crippen molar-refractivity contribution >= 4 is 23.5 Å². The number of benzene rings is 1. The van der Waals surface area contributed by atoms with Gasteiger partial charge in [0.25, 0.3) is 0 Å². The van der Waals surface area contributed by atoms with Crippen LogP contribution in [0.25, 0.3) is 11.3 Å². The number of aryl methyl sites for hydroxylation is 1. The highest BCUT2D eigenvalue weighted by atomic mass is 32.2. The van der Waals surface area contributed by atoms with Crippen molar-refractivity contribution in [1.82, 2.24) is 14.5 Å². The number of ether oxygens (including phenoxy) is 1. The molecule has 0 aliphatic heterocycles. The number of nitrogens with one attached hydrogen (secondary N) is 1. The topological polar surface area (TPSA) is 77.0 Å². The Morgan fingerprint density at radius 2 is 1.93 bits per heavy atom. The van der Waals surface area contributed by atoms with Crippen LogP contribution in [0.4, 0.5) is 0 Å². The number of imidazole rings is 1. The molecule has 0 fully saturated rings. The van der Waals surface area contributed by atoms with Gasteiger partial charge in [0, 0.05) is 12.7 Å². The van der Waals surface area contributed by atoms with Gasteiger partial charge in [0.2, 0.25) is 0 Å². The van der Waals surface area contributed by atoms with Crippen molar-refractivity contribution in [3.63, 3.8) is 0 Å². The van der Waals surface area contributed by atoms with Crippen LogP contribution in [-0.2, 0) is 11.8 Å². The van der Waals surface area contributed by atoms with Crippen molar-refractivity contribution in [2.45, 2.75) is 19.0 Å². The van der Waals surface area contributed by atoms with E-state index in [1.807, 2.05) is 48.1 Å². The predicted octanol–water partition coefficient (Wildman–Crippen LogP) is 3.79. The summed E-state index contributed by atoms with van der Waals surface area (Å²) >= 11 is 1.37. The lowest BCUT2D eigenvalue weighted by molar-refractivity contribution is 0.0599. The third-order valence-corrected chi connectivity index (χ3v) is 5.50. The molecule has 0 saturated carbocycles. The Bertz CT molecular complexity index is 990. The van der Waals surface area contributed by atoms with Crippen LogP contribution in [-0.4, -0.2) is 39.2 Å². The molecule has 140 valence electrons. The van der Waals surface area contributed by atoms with E-state index in [4.69, 9.17) is 4.74 Å². The fraction of sp³-hybridized carbons (Fsp3) is 0.250. The lowest BCUT2D eigenvalue weighted by Crippen LogP contribution is -2.07. The maximum absolute atomic E-state index is 12.7. The summed E-state index contributed by atoms with van der Waals surface area (Å²) in [6.45, 7) is 3.51. The second kappa shape index (κ2) is 7.84. The van der Waals surface area contributed by atoms with Crippen molar-refractivity contribution in [2.75, 3.05) is 12.9 Å². The molecule has 0 atom stereocenters. The second-order valence-electron chi connectivity index (χ2n) is 6.18. The minimum Gasteiger partial charge on any atom is -0.465 e. The van der Waals surface area contributed by atoms with Gasteiger partial charge in [-0.3, -0.25) is 4.79 Å². The first-order chi connectivity index (χ1) is 12.9. The molecule has 0 saturated heterocycles. The molecular formula is C20H21N3O3S. The van der Waals surface area contributed by atoms with E-state index in [1.165, 1.54) is 18.9 Å². The monoisotopic (exact) mass is 383 g/mol. The molecule has 2 heterocycles. The highest BCUT2D eigenvalue weighted by molar-refractivity contribution is 7.99. The summed E-state index contributed by atoms with van der Waals surface area (Å²) in [5, 5.41) is 0.760. The number of aromatic nitrogens is 3. The first-order valence-electron chi connectivity index (χ1n) is 8.44. The minimum absolute atomic E-state index is 0.0833. The molecule has 1 aromatic carbocycles. The van der Waals surface area contributed by atoms with Gasteiger partial charge in [-0.05, 0) is 25.0 Å². The van der Waals surface area contributed by atoms with E-state index in [1.54, 1.807) is 13.8 Å². The van der Waals surface area contributed by atoms with Crippen LogP contribution >= 0.6 is 11.8 Å². The first kappa shape index (κ1) is 19.0. The van der Waals surface area contributed by atoms with E-state index >= 15 is 0 Å². The number of H-pyrrole nitrogens is 1. The Balaban J connectivity index is 1.76. The van der Waals surface area contributed by atoms with Crippen molar-refractivity contribution in [3.05, 3.63) is 59.0 Å². The smallest absolute Gasteiger partial charge is 0.339 e. The van der Waals surface area contributed by atoms with E-state index in [2.05, 4.69) is 9.97 Å². The summed E-state index contributed by atoms with van der Waals surface area (Å²) in [6, 6.07) is 9.98. The molecule has 2 aromatic heterocycles. The van der Waals surface area contributed by atoms with E-state index in [9.17, 15) is 9.59 Å². The van der Waals surface area contributed by atoms with Gasteiger partial charge in [-0.25, -0.2) is 9.78 Å². The molecule has 0 amide bonds. The molecule has 3 rings (SSSR count). The molecule has 1 N–H and O–H groups in total. The second-order valence-corrected chi connectivity index (χ2v) is 7.12. The predicted molar refractivity (Wildman–Crippen MR) is 105 cm³/mol. The van der Waals surface area contributed by atoms with Crippen LogP contribution in [0.3, 0.4) is 0 Å². The number of carbonyl (C=O) groups is 2. The third-order valence-electron chi connectivity index (χ3n) is 4.45. The van der Waals surface area contributed by atoms with Crippen molar-refractivity contribution in [2.24, 2.45) is 7.05 Å². The van der Waals surface area contributed by atoms with Crippen molar-refractivity contribution in [1.29, 1.82) is 0 Å². The van der Waals surface area contributed by atoms with Gasteiger partial charge in [-0.15, -0.1) is 0 Å². The summed E-state index contributed by atoms with van der Waals surface area (Å²) in [4.78, 5) is 32.0. The Kier molecular flexibility index (Phi) is 5.51. The number of methoxy groups -OCH3 is 1. The van der Waals surface area contributed by atoms with Crippen LogP contribution in [0.1, 0.15) is 32.1 Å². The first-order valence-corrected chi connectivity index (χ1v) is 9.43. The zero-order valence-electron chi connectivity index (χ0n) is 15.7. The van der Waals surface area contributed by atoms with E-state index < -0.39 is 5.97 Å². The van der Waals surface area contributed by atoms with Gasteiger partial charge >= 0.3 is 5.97 Å². The summed E-state index contributed by atoms with van der Waals surface area (Å²) in [5.41, 5.74) is 4.19. The average molecular weight is 383 g/mol. The molecule has 27 heavy (non-hydrogen) atoms. The summed E-state index contributed by atoms with van der Waals surface area (Å²) < 4.78 is 6.76. The molecule has 0 aliphatic carbocycles. The maximum atomic E-state index is 12.7. The van der Waals surface area contributed by atoms with Gasteiger partial charge in [0.1, 0.15) is 0 Å². The average Bonchev–Trinajstić information content (AvgIpc) is 3.19.